The lowest BCUT2D eigenvalue weighted by atomic mass is 10.1. The van der Waals surface area contributed by atoms with Gasteiger partial charge in [0.1, 0.15) is 23.3 Å². The van der Waals surface area contributed by atoms with Gasteiger partial charge in [-0.05, 0) is 24.3 Å². The van der Waals surface area contributed by atoms with Crippen LogP contribution in [0.25, 0.3) is 6.08 Å². The summed E-state index contributed by atoms with van der Waals surface area (Å²) >= 11 is 18.5. The second kappa shape index (κ2) is 9.71. The highest BCUT2D eigenvalue weighted by Crippen LogP contribution is 2.37. The van der Waals surface area contributed by atoms with Crippen LogP contribution in [0.3, 0.4) is 0 Å². The molecule has 0 aliphatic carbocycles. The van der Waals surface area contributed by atoms with Gasteiger partial charge in [0.15, 0.2) is 11.5 Å². The van der Waals surface area contributed by atoms with Gasteiger partial charge in [-0.2, -0.15) is 0 Å². The van der Waals surface area contributed by atoms with Crippen LogP contribution in [0.4, 0.5) is 0 Å². The highest BCUT2D eigenvalue weighted by Gasteiger charge is 2.29. The largest absolute Gasteiger partial charge is 0.493 e. The molecular formula is C20H17Cl2NO4S2. The van der Waals surface area contributed by atoms with Crippen LogP contribution in [0.2, 0.25) is 10.0 Å². The normalized spacial score (nSPS) is 15.2. The summed E-state index contributed by atoms with van der Waals surface area (Å²) in [5.74, 6) is 1.39. The van der Waals surface area contributed by atoms with Gasteiger partial charge in [0, 0.05) is 23.7 Å². The molecule has 0 spiro atoms. The van der Waals surface area contributed by atoms with Crippen LogP contribution >= 0.6 is 47.2 Å². The van der Waals surface area contributed by atoms with Gasteiger partial charge in [-0.25, -0.2) is 0 Å². The van der Waals surface area contributed by atoms with Gasteiger partial charge < -0.3 is 14.2 Å². The summed E-state index contributed by atoms with van der Waals surface area (Å²) in [6.07, 6.45) is 1.75. The van der Waals surface area contributed by atoms with E-state index in [2.05, 4.69) is 0 Å². The van der Waals surface area contributed by atoms with Crippen LogP contribution < -0.4 is 14.2 Å². The number of amides is 1. The number of hydrogen-bond acceptors (Lipinski definition) is 6. The maximum absolute atomic E-state index is 12.3. The van der Waals surface area contributed by atoms with Crippen LogP contribution in [0.1, 0.15) is 5.56 Å². The number of carbonyl (C=O) groups is 1. The molecule has 3 rings (SSSR count). The predicted octanol–water partition coefficient (Wildman–Crippen LogP) is 5.29. The number of likely N-dealkylation sites (N-methyl/N-ethyl adjacent to an activating group) is 1. The molecule has 0 N–H and O–H groups in total. The summed E-state index contributed by atoms with van der Waals surface area (Å²) in [6.45, 7) is 0.480. The second-order valence-electron chi connectivity index (χ2n) is 5.89. The van der Waals surface area contributed by atoms with E-state index in [1.54, 1.807) is 44.5 Å². The molecule has 1 fully saturated rings. The molecule has 0 unspecified atom stereocenters. The van der Waals surface area contributed by atoms with Crippen molar-refractivity contribution in [3.8, 4) is 17.2 Å². The number of rotatable bonds is 7. The van der Waals surface area contributed by atoms with Crippen LogP contribution in [-0.2, 0) is 4.79 Å². The van der Waals surface area contributed by atoms with Crippen molar-refractivity contribution in [3.63, 3.8) is 0 Å². The molecule has 1 saturated heterocycles. The highest BCUT2D eigenvalue weighted by atomic mass is 35.5. The van der Waals surface area contributed by atoms with Gasteiger partial charge in [-0.3, -0.25) is 9.69 Å². The molecule has 29 heavy (non-hydrogen) atoms. The molecule has 0 bridgehead atoms. The molecule has 2 aromatic rings. The number of benzene rings is 2. The maximum atomic E-state index is 12.3. The Labute approximate surface area is 188 Å². The smallest absolute Gasteiger partial charge is 0.265 e. The molecule has 1 aliphatic heterocycles. The Morgan fingerprint density at radius 2 is 1.90 bits per heavy atom. The third-order valence-corrected chi connectivity index (χ3v) is 6.02. The molecule has 1 aliphatic rings. The Kier molecular flexibility index (Phi) is 7.29. The SMILES string of the molecule is COc1cccc(C=C2SC(=S)N(C)C2=O)c1OCCOc1cc(Cl)ccc1Cl. The molecule has 1 heterocycles. The summed E-state index contributed by atoms with van der Waals surface area (Å²) in [6, 6.07) is 10.5. The number of carbonyl (C=O) groups excluding carboxylic acids is 1. The Morgan fingerprint density at radius 1 is 1.14 bits per heavy atom. The Bertz CT molecular complexity index is 981. The number of hydrogen-bond donors (Lipinski definition) is 0. The average Bonchev–Trinajstić information content (AvgIpc) is 2.95. The summed E-state index contributed by atoms with van der Waals surface area (Å²) in [7, 11) is 3.21. The van der Waals surface area contributed by atoms with Crippen molar-refractivity contribution in [2.75, 3.05) is 27.4 Å². The minimum Gasteiger partial charge on any atom is -0.493 e. The first-order valence-corrected chi connectivity index (χ1v) is 10.5. The van der Waals surface area contributed by atoms with E-state index in [-0.39, 0.29) is 19.1 Å². The molecule has 0 atom stereocenters. The quantitative estimate of drug-likeness (QED) is 0.311. The molecule has 152 valence electrons. The van der Waals surface area contributed by atoms with E-state index >= 15 is 0 Å². The fraction of sp³-hybridized carbons (Fsp3) is 0.200. The number of halogens is 2. The Hall–Kier alpha value is -1.93. The van der Waals surface area contributed by atoms with Gasteiger partial charge in [0.25, 0.3) is 5.91 Å². The minimum atomic E-state index is -0.146. The zero-order valence-electron chi connectivity index (χ0n) is 15.6. The molecule has 9 heteroatoms. The standard InChI is InChI=1S/C20H17Cl2NO4S2/c1-23-19(24)17(29-20(23)28)10-12-4-3-5-15(25-2)18(12)27-9-8-26-16-11-13(21)6-7-14(16)22/h3-7,10-11H,8-9H2,1-2H3. The van der Waals surface area contributed by atoms with Crippen molar-refractivity contribution in [2.45, 2.75) is 0 Å². The summed E-state index contributed by atoms with van der Waals surface area (Å²) < 4.78 is 17.5. The van der Waals surface area contributed by atoms with Crippen molar-refractivity contribution in [1.29, 1.82) is 0 Å². The number of para-hydroxylation sites is 1. The zero-order chi connectivity index (χ0) is 21.0. The van der Waals surface area contributed by atoms with E-state index in [4.69, 9.17) is 49.6 Å². The van der Waals surface area contributed by atoms with Gasteiger partial charge >= 0.3 is 0 Å². The number of ether oxygens (including phenoxy) is 3. The average molecular weight is 470 g/mol. The van der Waals surface area contributed by atoms with E-state index in [0.29, 0.717) is 42.1 Å². The van der Waals surface area contributed by atoms with E-state index in [0.717, 1.165) is 0 Å². The summed E-state index contributed by atoms with van der Waals surface area (Å²) in [4.78, 5) is 14.3. The van der Waals surface area contributed by atoms with E-state index in [1.165, 1.54) is 16.7 Å². The fourth-order valence-electron chi connectivity index (χ4n) is 2.53. The topological polar surface area (TPSA) is 48.0 Å². The van der Waals surface area contributed by atoms with Crippen LogP contribution in [-0.4, -0.2) is 42.5 Å². The van der Waals surface area contributed by atoms with Gasteiger partial charge in [-0.1, -0.05) is 59.3 Å². The molecule has 1 amide bonds. The second-order valence-corrected chi connectivity index (χ2v) is 8.41. The summed E-state index contributed by atoms with van der Waals surface area (Å²) in [5, 5.41) is 1.000. The first kappa shape index (κ1) is 21.8. The van der Waals surface area contributed by atoms with E-state index in [9.17, 15) is 4.79 Å². The number of thiocarbonyl (C=S) groups is 1. The van der Waals surface area contributed by atoms with Crippen molar-refractivity contribution in [3.05, 3.63) is 56.9 Å². The molecule has 0 aromatic heterocycles. The van der Waals surface area contributed by atoms with Gasteiger partial charge in [-0.15, -0.1) is 0 Å². The molecule has 0 radical (unpaired) electrons. The van der Waals surface area contributed by atoms with Gasteiger partial charge in [0.05, 0.1) is 17.0 Å². The monoisotopic (exact) mass is 469 g/mol. The Morgan fingerprint density at radius 3 is 2.59 bits per heavy atom. The first-order chi connectivity index (χ1) is 13.9. The Balaban J connectivity index is 1.74. The minimum absolute atomic E-state index is 0.146. The van der Waals surface area contributed by atoms with Crippen LogP contribution in [0.15, 0.2) is 41.3 Å². The molecule has 0 saturated carbocycles. The van der Waals surface area contributed by atoms with Crippen molar-refractivity contribution < 1.29 is 19.0 Å². The maximum Gasteiger partial charge on any atom is 0.265 e. The number of thioether (sulfide) groups is 1. The number of nitrogens with zero attached hydrogens (tertiary/aromatic N) is 1. The van der Waals surface area contributed by atoms with Gasteiger partial charge in [0.2, 0.25) is 0 Å². The highest BCUT2D eigenvalue weighted by molar-refractivity contribution is 8.26. The van der Waals surface area contributed by atoms with Crippen LogP contribution in [0.5, 0.6) is 17.2 Å². The summed E-state index contributed by atoms with van der Waals surface area (Å²) in [5.41, 5.74) is 0.707. The first-order valence-electron chi connectivity index (χ1n) is 8.50. The van der Waals surface area contributed by atoms with E-state index < -0.39 is 0 Å². The molecule has 2 aromatic carbocycles. The third-order valence-electron chi connectivity index (χ3n) is 3.98. The van der Waals surface area contributed by atoms with Crippen molar-refractivity contribution in [2.24, 2.45) is 0 Å². The third kappa shape index (κ3) is 5.17. The lowest BCUT2D eigenvalue weighted by molar-refractivity contribution is -0.121. The van der Waals surface area contributed by atoms with Crippen LogP contribution in [0, 0.1) is 0 Å². The molecular weight excluding hydrogens is 453 g/mol. The molecule has 5 nitrogen and oxygen atoms in total. The lowest BCUT2D eigenvalue weighted by Gasteiger charge is -2.14. The lowest BCUT2D eigenvalue weighted by Crippen LogP contribution is -2.22. The van der Waals surface area contributed by atoms with Crippen molar-refractivity contribution >= 4 is 63.5 Å². The van der Waals surface area contributed by atoms with E-state index in [1.807, 2.05) is 12.1 Å². The predicted molar refractivity (Wildman–Crippen MR) is 121 cm³/mol. The zero-order valence-corrected chi connectivity index (χ0v) is 18.8. The van der Waals surface area contributed by atoms with Crippen molar-refractivity contribution in [1.82, 2.24) is 4.90 Å². The number of methoxy groups -OCH3 is 1. The fourth-order valence-corrected chi connectivity index (χ4v) is 4.04.